The first-order chi connectivity index (χ1) is 4.30. The van der Waals surface area contributed by atoms with Gasteiger partial charge >= 0.3 is 0 Å². The topological polar surface area (TPSA) is 40.5 Å². The van der Waals surface area contributed by atoms with Crippen molar-refractivity contribution < 1.29 is 8.76 Å². The zero-order valence-electron chi connectivity index (χ0n) is 5.25. The Balaban J connectivity index is 2.31. The monoisotopic (exact) mass is 149 g/mol. The molecule has 0 aromatic heterocycles. The first-order valence-electron chi connectivity index (χ1n) is 3.16. The normalized spacial score (nSPS) is 25.9. The molecule has 1 N–H and O–H groups in total. The van der Waals surface area contributed by atoms with Gasteiger partial charge in [-0.2, -0.15) is 0 Å². The smallest absolute Gasteiger partial charge is 0.234 e. The van der Waals surface area contributed by atoms with E-state index < -0.39 is 11.3 Å². The lowest BCUT2D eigenvalue weighted by Gasteiger charge is -2.21. The summed E-state index contributed by atoms with van der Waals surface area (Å²) in [5, 5.41) is 0. The number of hydrogen-bond acceptors (Lipinski definition) is 1. The average molecular weight is 149 g/mol. The molecule has 54 valence electrons. The van der Waals surface area contributed by atoms with Crippen molar-refractivity contribution in [2.75, 3.05) is 13.1 Å². The molecule has 0 aromatic carbocycles. The van der Waals surface area contributed by atoms with Crippen LogP contribution < -0.4 is 0 Å². The summed E-state index contributed by atoms with van der Waals surface area (Å²) in [5.41, 5.74) is 0. The molecule has 1 heterocycles. The number of rotatable bonds is 1. The highest BCUT2D eigenvalue weighted by molar-refractivity contribution is 7.76. The summed E-state index contributed by atoms with van der Waals surface area (Å²) in [4.78, 5) is 0. The molecule has 4 heteroatoms. The summed E-state index contributed by atoms with van der Waals surface area (Å²) in [6, 6.07) is 0. The molecule has 0 saturated carbocycles. The lowest BCUT2D eigenvalue weighted by atomic mass is 10.2. The van der Waals surface area contributed by atoms with Crippen molar-refractivity contribution in [3.63, 3.8) is 0 Å². The Morgan fingerprint density at radius 3 is 2.11 bits per heavy atom. The third-order valence-corrected chi connectivity index (χ3v) is 2.34. The van der Waals surface area contributed by atoms with Gasteiger partial charge in [-0.3, -0.25) is 4.55 Å². The Morgan fingerprint density at radius 1 is 1.22 bits per heavy atom. The molecule has 0 spiro atoms. The molecule has 1 unspecified atom stereocenters. The second-order valence-electron chi connectivity index (χ2n) is 2.22. The van der Waals surface area contributed by atoms with Gasteiger partial charge in [0.15, 0.2) is 0 Å². The van der Waals surface area contributed by atoms with Crippen LogP contribution in [-0.4, -0.2) is 26.2 Å². The maximum Gasteiger partial charge on any atom is 0.234 e. The molecule has 1 rings (SSSR count). The molecular weight excluding hydrogens is 138 g/mol. The van der Waals surface area contributed by atoms with Gasteiger partial charge in [0.1, 0.15) is 0 Å². The summed E-state index contributed by atoms with van der Waals surface area (Å²) >= 11 is -1.72. The SMILES string of the molecule is O=S(O)N1CCCCC1. The Morgan fingerprint density at radius 2 is 1.78 bits per heavy atom. The van der Waals surface area contributed by atoms with Crippen LogP contribution >= 0.6 is 0 Å². The van der Waals surface area contributed by atoms with Gasteiger partial charge < -0.3 is 0 Å². The fourth-order valence-electron chi connectivity index (χ4n) is 1.02. The average Bonchev–Trinajstić information content (AvgIpc) is 1.90. The Hall–Kier alpha value is 0.0700. The third kappa shape index (κ3) is 2.04. The third-order valence-electron chi connectivity index (χ3n) is 1.54. The molecule has 1 aliphatic rings. The van der Waals surface area contributed by atoms with Crippen LogP contribution in [-0.2, 0) is 11.3 Å². The van der Waals surface area contributed by atoms with E-state index in [-0.39, 0.29) is 0 Å². The van der Waals surface area contributed by atoms with E-state index in [1.165, 1.54) is 6.42 Å². The van der Waals surface area contributed by atoms with Gasteiger partial charge in [-0.1, -0.05) is 6.42 Å². The summed E-state index contributed by atoms with van der Waals surface area (Å²) in [5.74, 6) is 0. The molecular formula is C5H11NO2S. The molecule has 1 atom stereocenters. The lowest BCUT2D eigenvalue weighted by molar-refractivity contribution is 0.338. The predicted octanol–water partition coefficient (Wildman–Crippen LogP) is 0.609. The van der Waals surface area contributed by atoms with E-state index in [1.807, 2.05) is 0 Å². The second-order valence-corrected chi connectivity index (χ2v) is 3.20. The molecule has 0 radical (unpaired) electrons. The van der Waals surface area contributed by atoms with Crippen molar-refractivity contribution in [2.24, 2.45) is 0 Å². The fourth-order valence-corrected chi connectivity index (χ4v) is 1.59. The highest BCUT2D eigenvalue weighted by atomic mass is 32.2. The van der Waals surface area contributed by atoms with Gasteiger partial charge in [-0.05, 0) is 12.8 Å². The first kappa shape index (κ1) is 7.18. The van der Waals surface area contributed by atoms with Crippen molar-refractivity contribution >= 4 is 11.3 Å². The molecule has 0 aromatic rings. The van der Waals surface area contributed by atoms with E-state index in [0.717, 1.165) is 25.9 Å². The van der Waals surface area contributed by atoms with Crippen LogP contribution in [0.15, 0.2) is 0 Å². The van der Waals surface area contributed by atoms with Gasteiger partial charge in [0.25, 0.3) is 0 Å². The van der Waals surface area contributed by atoms with Crippen molar-refractivity contribution in [3.8, 4) is 0 Å². The zero-order chi connectivity index (χ0) is 6.69. The molecule has 0 aliphatic carbocycles. The Bertz CT molecular complexity index is 112. The van der Waals surface area contributed by atoms with Gasteiger partial charge in [-0.25, -0.2) is 8.51 Å². The summed E-state index contributed by atoms with van der Waals surface area (Å²) < 4.78 is 20.6. The van der Waals surface area contributed by atoms with Gasteiger partial charge in [-0.15, -0.1) is 0 Å². The van der Waals surface area contributed by atoms with Crippen molar-refractivity contribution in [1.82, 2.24) is 4.31 Å². The first-order valence-corrected chi connectivity index (χ1v) is 4.23. The molecule has 0 bridgehead atoms. The van der Waals surface area contributed by atoms with Gasteiger partial charge in [0.05, 0.1) is 0 Å². The van der Waals surface area contributed by atoms with E-state index >= 15 is 0 Å². The van der Waals surface area contributed by atoms with E-state index in [4.69, 9.17) is 4.55 Å². The zero-order valence-corrected chi connectivity index (χ0v) is 6.06. The minimum Gasteiger partial charge on any atom is -0.294 e. The van der Waals surface area contributed by atoms with Crippen LogP contribution in [0.1, 0.15) is 19.3 Å². The molecule has 0 amide bonds. The van der Waals surface area contributed by atoms with E-state index in [1.54, 1.807) is 4.31 Å². The van der Waals surface area contributed by atoms with Crippen molar-refractivity contribution in [2.45, 2.75) is 19.3 Å². The fraction of sp³-hybridized carbons (Fsp3) is 1.00. The highest BCUT2D eigenvalue weighted by Crippen LogP contribution is 2.08. The molecule has 9 heavy (non-hydrogen) atoms. The highest BCUT2D eigenvalue weighted by Gasteiger charge is 2.13. The minimum absolute atomic E-state index is 0.781. The van der Waals surface area contributed by atoms with Gasteiger partial charge in [0, 0.05) is 13.1 Å². The molecule has 3 nitrogen and oxygen atoms in total. The largest absolute Gasteiger partial charge is 0.294 e. The Kier molecular flexibility index (Phi) is 2.63. The maximum atomic E-state index is 10.4. The molecule has 1 aliphatic heterocycles. The summed E-state index contributed by atoms with van der Waals surface area (Å²) in [7, 11) is 0. The van der Waals surface area contributed by atoms with Crippen LogP contribution in [0.25, 0.3) is 0 Å². The van der Waals surface area contributed by atoms with E-state index in [9.17, 15) is 4.21 Å². The van der Waals surface area contributed by atoms with Crippen LogP contribution in [0, 0.1) is 0 Å². The standard InChI is InChI=1S/C5H11NO2S/c7-9(8)6-4-2-1-3-5-6/h1-5H2,(H,7,8). The second kappa shape index (κ2) is 3.29. The summed E-state index contributed by atoms with van der Waals surface area (Å²) in [6.07, 6.45) is 3.33. The molecule has 1 saturated heterocycles. The van der Waals surface area contributed by atoms with Crippen molar-refractivity contribution in [1.29, 1.82) is 0 Å². The van der Waals surface area contributed by atoms with Gasteiger partial charge in [0.2, 0.25) is 11.3 Å². The molecule has 1 fully saturated rings. The van der Waals surface area contributed by atoms with Crippen LogP contribution in [0.3, 0.4) is 0 Å². The van der Waals surface area contributed by atoms with E-state index in [0.29, 0.717) is 0 Å². The number of piperidine rings is 1. The summed E-state index contributed by atoms with van der Waals surface area (Å²) in [6.45, 7) is 1.56. The lowest BCUT2D eigenvalue weighted by Crippen LogP contribution is -2.30. The van der Waals surface area contributed by atoms with E-state index in [2.05, 4.69) is 0 Å². The predicted molar refractivity (Wildman–Crippen MR) is 36.2 cm³/mol. The Labute approximate surface area is 57.5 Å². The number of nitrogens with zero attached hydrogens (tertiary/aromatic N) is 1. The van der Waals surface area contributed by atoms with Crippen LogP contribution in [0.5, 0.6) is 0 Å². The maximum absolute atomic E-state index is 10.4. The van der Waals surface area contributed by atoms with Crippen molar-refractivity contribution in [3.05, 3.63) is 0 Å². The van der Waals surface area contributed by atoms with Crippen LogP contribution in [0.4, 0.5) is 0 Å². The number of hydrogen-bond donors (Lipinski definition) is 1. The quantitative estimate of drug-likeness (QED) is 0.555. The van der Waals surface area contributed by atoms with Crippen LogP contribution in [0.2, 0.25) is 0 Å². The minimum atomic E-state index is -1.72.